The van der Waals surface area contributed by atoms with Gasteiger partial charge in [-0.05, 0) is 51.2 Å². The second-order valence-corrected chi connectivity index (χ2v) is 5.63. The topological polar surface area (TPSA) is 26.7 Å². The van der Waals surface area contributed by atoms with Gasteiger partial charge in [0.25, 0.3) is 0 Å². The molecule has 1 fully saturated rings. The van der Waals surface area contributed by atoms with Crippen molar-refractivity contribution in [2.24, 2.45) is 0 Å². The van der Waals surface area contributed by atoms with Gasteiger partial charge in [-0.2, -0.15) is 0 Å². The predicted octanol–water partition coefficient (Wildman–Crippen LogP) is 1.56. The fourth-order valence-corrected chi connectivity index (χ4v) is 2.83. The molecule has 0 aliphatic carbocycles. The molecule has 3 nitrogen and oxygen atoms in total. The zero-order valence-corrected chi connectivity index (χ0v) is 12.5. The standard InChI is InChI=1S/C17H24N2O/c1-18(14-17-9-4-10-19(17)2)13-16-7-3-6-15(12-16)8-5-11-20/h3,6-7,12,17,20H,4,9-11,13-14H2,1-2H3. The minimum Gasteiger partial charge on any atom is -0.384 e. The van der Waals surface area contributed by atoms with E-state index in [1.165, 1.54) is 24.9 Å². The van der Waals surface area contributed by atoms with Crippen molar-refractivity contribution in [3.63, 3.8) is 0 Å². The van der Waals surface area contributed by atoms with Gasteiger partial charge >= 0.3 is 0 Å². The Balaban J connectivity index is 1.91. The molecule has 0 aromatic heterocycles. The van der Waals surface area contributed by atoms with Crippen molar-refractivity contribution >= 4 is 0 Å². The number of benzene rings is 1. The summed E-state index contributed by atoms with van der Waals surface area (Å²) in [6.07, 6.45) is 2.63. The van der Waals surface area contributed by atoms with Crippen LogP contribution in [0.4, 0.5) is 0 Å². The third-order valence-electron chi connectivity index (χ3n) is 3.89. The lowest BCUT2D eigenvalue weighted by Gasteiger charge is -2.25. The minimum atomic E-state index is -0.0852. The molecule has 1 aromatic rings. The second-order valence-electron chi connectivity index (χ2n) is 5.63. The van der Waals surface area contributed by atoms with Gasteiger partial charge in [0.05, 0.1) is 0 Å². The third kappa shape index (κ3) is 4.35. The first kappa shape index (κ1) is 15.1. The van der Waals surface area contributed by atoms with Crippen LogP contribution < -0.4 is 0 Å². The minimum absolute atomic E-state index is 0.0852. The Kier molecular flexibility index (Phi) is 5.60. The number of hydrogen-bond donors (Lipinski definition) is 1. The van der Waals surface area contributed by atoms with Gasteiger partial charge in [-0.25, -0.2) is 0 Å². The molecule has 1 atom stereocenters. The fraction of sp³-hybridized carbons (Fsp3) is 0.529. The molecule has 3 heteroatoms. The monoisotopic (exact) mass is 272 g/mol. The van der Waals surface area contributed by atoms with E-state index in [1.807, 2.05) is 12.1 Å². The SMILES string of the molecule is CN(Cc1cccc(C#CCO)c1)CC1CCCN1C. The van der Waals surface area contributed by atoms with Crippen LogP contribution in [0, 0.1) is 11.8 Å². The molecule has 20 heavy (non-hydrogen) atoms. The van der Waals surface area contributed by atoms with Crippen LogP contribution in [0.3, 0.4) is 0 Å². The Hall–Kier alpha value is -1.34. The summed E-state index contributed by atoms with van der Waals surface area (Å²) in [5.41, 5.74) is 2.25. The van der Waals surface area contributed by atoms with Gasteiger partial charge in [0, 0.05) is 24.7 Å². The smallest absolute Gasteiger partial charge is 0.104 e. The molecule has 0 bridgehead atoms. The zero-order chi connectivity index (χ0) is 14.4. The molecular weight excluding hydrogens is 248 g/mol. The van der Waals surface area contributed by atoms with Crippen LogP contribution in [-0.4, -0.2) is 54.7 Å². The second kappa shape index (κ2) is 7.44. The molecule has 2 rings (SSSR count). The normalized spacial score (nSPS) is 19.1. The van der Waals surface area contributed by atoms with Crippen LogP contribution in [0.2, 0.25) is 0 Å². The van der Waals surface area contributed by atoms with Gasteiger partial charge in [0.1, 0.15) is 6.61 Å². The van der Waals surface area contributed by atoms with Crippen molar-refractivity contribution in [1.82, 2.24) is 9.80 Å². The lowest BCUT2D eigenvalue weighted by molar-refractivity contribution is 0.215. The highest BCUT2D eigenvalue weighted by Crippen LogP contribution is 2.16. The highest BCUT2D eigenvalue weighted by atomic mass is 16.2. The summed E-state index contributed by atoms with van der Waals surface area (Å²) >= 11 is 0. The Labute approximate surface area is 122 Å². The molecule has 0 amide bonds. The quantitative estimate of drug-likeness (QED) is 0.843. The summed E-state index contributed by atoms with van der Waals surface area (Å²) < 4.78 is 0. The fourth-order valence-electron chi connectivity index (χ4n) is 2.83. The Morgan fingerprint density at radius 1 is 1.45 bits per heavy atom. The van der Waals surface area contributed by atoms with Gasteiger partial charge in [-0.1, -0.05) is 24.0 Å². The van der Waals surface area contributed by atoms with E-state index in [0.717, 1.165) is 18.7 Å². The van der Waals surface area contributed by atoms with Crippen LogP contribution >= 0.6 is 0 Å². The Bertz CT molecular complexity index is 489. The first-order valence-corrected chi connectivity index (χ1v) is 7.26. The molecule has 1 aliphatic rings. The van der Waals surface area contributed by atoms with E-state index in [1.54, 1.807) is 0 Å². The molecule has 0 saturated carbocycles. The number of rotatable bonds is 4. The van der Waals surface area contributed by atoms with Crippen LogP contribution in [0.5, 0.6) is 0 Å². The molecule has 1 N–H and O–H groups in total. The van der Waals surface area contributed by atoms with Crippen molar-refractivity contribution in [2.45, 2.75) is 25.4 Å². The summed E-state index contributed by atoms with van der Waals surface area (Å²) in [6.45, 7) is 3.20. The van der Waals surface area contributed by atoms with E-state index in [2.05, 4.69) is 47.9 Å². The van der Waals surface area contributed by atoms with Gasteiger partial charge < -0.3 is 14.9 Å². The molecule has 1 saturated heterocycles. The number of likely N-dealkylation sites (tertiary alicyclic amines) is 1. The van der Waals surface area contributed by atoms with Crippen molar-refractivity contribution in [1.29, 1.82) is 0 Å². The van der Waals surface area contributed by atoms with E-state index in [-0.39, 0.29) is 6.61 Å². The molecule has 0 radical (unpaired) electrons. The van der Waals surface area contributed by atoms with Crippen LogP contribution in [0.25, 0.3) is 0 Å². The summed E-state index contributed by atoms with van der Waals surface area (Å²) in [6, 6.07) is 8.96. The van der Waals surface area contributed by atoms with Crippen molar-refractivity contribution < 1.29 is 5.11 Å². The molecule has 0 spiro atoms. The van der Waals surface area contributed by atoms with Gasteiger partial charge in [-0.15, -0.1) is 0 Å². The maximum Gasteiger partial charge on any atom is 0.104 e. The lowest BCUT2D eigenvalue weighted by Crippen LogP contribution is -2.36. The highest BCUT2D eigenvalue weighted by molar-refractivity contribution is 5.37. The Morgan fingerprint density at radius 2 is 2.30 bits per heavy atom. The lowest BCUT2D eigenvalue weighted by atomic mass is 10.1. The van der Waals surface area contributed by atoms with E-state index < -0.39 is 0 Å². The first-order chi connectivity index (χ1) is 9.69. The van der Waals surface area contributed by atoms with E-state index in [9.17, 15) is 0 Å². The van der Waals surface area contributed by atoms with Gasteiger partial charge in [-0.3, -0.25) is 0 Å². The molecule has 1 aliphatic heterocycles. The molecule has 1 aromatic carbocycles. The van der Waals surface area contributed by atoms with Gasteiger partial charge in [0.2, 0.25) is 0 Å². The number of aliphatic hydroxyl groups excluding tert-OH is 1. The summed E-state index contributed by atoms with van der Waals surface area (Å²) in [5.74, 6) is 5.66. The van der Waals surface area contributed by atoms with Crippen molar-refractivity contribution in [3.8, 4) is 11.8 Å². The average molecular weight is 272 g/mol. The average Bonchev–Trinajstić information content (AvgIpc) is 2.82. The maximum absolute atomic E-state index is 8.74. The summed E-state index contributed by atoms with van der Waals surface area (Å²) in [7, 11) is 4.40. The number of nitrogens with zero attached hydrogens (tertiary/aromatic N) is 2. The van der Waals surface area contributed by atoms with E-state index in [0.29, 0.717) is 6.04 Å². The summed E-state index contributed by atoms with van der Waals surface area (Å²) in [4.78, 5) is 4.84. The van der Waals surface area contributed by atoms with Crippen molar-refractivity contribution in [3.05, 3.63) is 35.4 Å². The Morgan fingerprint density at radius 3 is 3.00 bits per heavy atom. The number of hydrogen-bond acceptors (Lipinski definition) is 3. The van der Waals surface area contributed by atoms with Crippen LogP contribution in [-0.2, 0) is 6.54 Å². The van der Waals surface area contributed by atoms with Crippen molar-refractivity contribution in [2.75, 3.05) is 33.8 Å². The number of likely N-dealkylation sites (N-methyl/N-ethyl adjacent to an activating group) is 2. The van der Waals surface area contributed by atoms with E-state index >= 15 is 0 Å². The first-order valence-electron chi connectivity index (χ1n) is 7.26. The number of aliphatic hydroxyl groups is 1. The predicted molar refractivity (Wildman–Crippen MR) is 82.4 cm³/mol. The third-order valence-corrected chi connectivity index (χ3v) is 3.89. The van der Waals surface area contributed by atoms with Crippen LogP contribution in [0.15, 0.2) is 24.3 Å². The molecule has 1 unspecified atom stereocenters. The van der Waals surface area contributed by atoms with Gasteiger partial charge in [0.15, 0.2) is 0 Å². The van der Waals surface area contributed by atoms with E-state index in [4.69, 9.17) is 5.11 Å². The summed E-state index contributed by atoms with van der Waals surface area (Å²) in [5, 5.41) is 8.74. The zero-order valence-electron chi connectivity index (χ0n) is 12.5. The maximum atomic E-state index is 8.74. The molecule has 1 heterocycles. The molecular formula is C17H24N2O. The van der Waals surface area contributed by atoms with Crippen LogP contribution in [0.1, 0.15) is 24.0 Å². The largest absolute Gasteiger partial charge is 0.384 e. The highest BCUT2D eigenvalue weighted by Gasteiger charge is 2.21. The molecule has 108 valence electrons.